The molecule has 0 bridgehead atoms. The van der Waals surface area contributed by atoms with E-state index in [9.17, 15) is 4.79 Å². The van der Waals surface area contributed by atoms with Crippen molar-refractivity contribution >= 4 is 29.4 Å². The molecule has 1 saturated heterocycles. The van der Waals surface area contributed by atoms with Crippen LogP contribution in [-0.4, -0.2) is 80.6 Å². The molecular formula is C28H38N8O4. The van der Waals surface area contributed by atoms with Crippen molar-refractivity contribution in [3.05, 3.63) is 59.7 Å². The third-order valence-electron chi connectivity index (χ3n) is 6.17. The molecule has 0 unspecified atom stereocenters. The summed E-state index contributed by atoms with van der Waals surface area (Å²) in [7, 11) is 1.65. The fourth-order valence-corrected chi connectivity index (χ4v) is 4.09. The van der Waals surface area contributed by atoms with Crippen LogP contribution in [0.15, 0.2) is 48.5 Å². The summed E-state index contributed by atoms with van der Waals surface area (Å²) in [6.07, 6.45) is 2.21. The molecule has 0 atom stereocenters. The Morgan fingerprint density at radius 2 is 1.70 bits per heavy atom. The van der Waals surface area contributed by atoms with Gasteiger partial charge < -0.3 is 40.8 Å². The molecule has 0 aliphatic carbocycles. The van der Waals surface area contributed by atoms with Crippen molar-refractivity contribution in [1.82, 2.24) is 20.3 Å². The number of benzene rings is 2. The summed E-state index contributed by atoms with van der Waals surface area (Å²) in [5.41, 5.74) is 7.66. The van der Waals surface area contributed by atoms with E-state index in [1.165, 1.54) is 0 Å². The van der Waals surface area contributed by atoms with Crippen LogP contribution in [-0.2, 0) is 16.0 Å². The molecule has 3 aromatic rings. The van der Waals surface area contributed by atoms with Gasteiger partial charge in [0, 0.05) is 44.0 Å². The number of rotatable bonds is 16. The lowest BCUT2D eigenvalue weighted by Crippen LogP contribution is -2.27. The largest absolute Gasteiger partial charge is 0.497 e. The SMILES string of the molecule is COc1ccc(CNc2nc(Nc3cccc(C(=O)NCCOCCOCCN)c3)nc(N3CCCC3)n2)cc1. The van der Waals surface area contributed by atoms with E-state index in [1.54, 1.807) is 19.2 Å². The number of hydrogen-bond donors (Lipinski definition) is 4. The molecular weight excluding hydrogens is 512 g/mol. The summed E-state index contributed by atoms with van der Waals surface area (Å²) in [6, 6.07) is 15.0. The lowest BCUT2D eigenvalue weighted by atomic mass is 10.2. The van der Waals surface area contributed by atoms with Crippen LogP contribution in [0.25, 0.3) is 0 Å². The Hall–Kier alpha value is -4.00. The van der Waals surface area contributed by atoms with Crippen molar-refractivity contribution in [2.75, 3.05) is 75.2 Å². The minimum atomic E-state index is -0.193. The first-order valence-electron chi connectivity index (χ1n) is 13.5. The maximum Gasteiger partial charge on any atom is 0.251 e. The third-order valence-corrected chi connectivity index (χ3v) is 6.17. The van der Waals surface area contributed by atoms with Gasteiger partial charge in [0.05, 0.1) is 33.5 Å². The molecule has 1 fully saturated rings. The summed E-state index contributed by atoms with van der Waals surface area (Å²) in [5, 5.41) is 9.42. The number of methoxy groups -OCH3 is 1. The lowest BCUT2D eigenvalue weighted by Gasteiger charge is -2.17. The number of nitrogens with one attached hydrogen (secondary N) is 3. The number of hydrogen-bond acceptors (Lipinski definition) is 11. The molecule has 1 aliphatic rings. The maximum atomic E-state index is 12.7. The van der Waals surface area contributed by atoms with Gasteiger partial charge in [-0.25, -0.2) is 0 Å². The van der Waals surface area contributed by atoms with Crippen LogP contribution >= 0.6 is 0 Å². The predicted octanol–water partition coefficient (Wildman–Crippen LogP) is 2.56. The van der Waals surface area contributed by atoms with E-state index in [4.69, 9.17) is 19.9 Å². The van der Waals surface area contributed by atoms with Crippen LogP contribution < -0.4 is 31.3 Å². The van der Waals surface area contributed by atoms with Gasteiger partial charge in [-0.1, -0.05) is 18.2 Å². The van der Waals surface area contributed by atoms with Crippen molar-refractivity contribution in [2.45, 2.75) is 19.4 Å². The Labute approximate surface area is 234 Å². The number of carbonyl (C=O) groups excluding carboxylic acids is 1. The first kappa shape index (κ1) is 29.0. The van der Waals surface area contributed by atoms with Crippen LogP contribution in [0.5, 0.6) is 5.75 Å². The molecule has 1 aliphatic heterocycles. The zero-order valence-corrected chi connectivity index (χ0v) is 22.9. The van der Waals surface area contributed by atoms with Gasteiger partial charge in [-0.2, -0.15) is 15.0 Å². The zero-order chi connectivity index (χ0) is 28.0. The quantitative estimate of drug-likeness (QED) is 0.195. The van der Waals surface area contributed by atoms with E-state index >= 15 is 0 Å². The van der Waals surface area contributed by atoms with Crippen LogP contribution in [0.1, 0.15) is 28.8 Å². The second-order valence-corrected chi connectivity index (χ2v) is 9.15. The van der Waals surface area contributed by atoms with Gasteiger partial charge >= 0.3 is 0 Å². The number of nitrogens with zero attached hydrogens (tertiary/aromatic N) is 4. The maximum absolute atomic E-state index is 12.7. The van der Waals surface area contributed by atoms with Crippen molar-refractivity contribution in [3.8, 4) is 5.75 Å². The van der Waals surface area contributed by atoms with Crippen molar-refractivity contribution in [2.24, 2.45) is 5.73 Å². The second kappa shape index (κ2) is 15.6. The Balaban J connectivity index is 1.37. The molecule has 4 rings (SSSR count). The Kier molecular flexibility index (Phi) is 11.3. The molecule has 5 N–H and O–H groups in total. The number of ether oxygens (including phenoxy) is 3. The number of aromatic nitrogens is 3. The van der Waals surface area contributed by atoms with Crippen molar-refractivity contribution in [1.29, 1.82) is 0 Å². The Morgan fingerprint density at radius 3 is 2.45 bits per heavy atom. The van der Waals surface area contributed by atoms with E-state index < -0.39 is 0 Å². The molecule has 40 heavy (non-hydrogen) atoms. The predicted molar refractivity (Wildman–Crippen MR) is 154 cm³/mol. The molecule has 214 valence electrons. The monoisotopic (exact) mass is 550 g/mol. The van der Waals surface area contributed by atoms with Gasteiger partial charge in [-0.05, 0) is 48.7 Å². The van der Waals surface area contributed by atoms with E-state index in [0.29, 0.717) is 75.2 Å². The normalized spacial score (nSPS) is 12.8. The van der Waals surface area contributed by atoms with E-state index in [-0.39, 0.29) is 5.91 Å². The van der Waals surface area contributed by atoms with E-state index in [1.807, 2.05) is 36.4 Å². The lowest BCUT2D eigenvalue weighted by molar-refractivity contribution is 0.0511. The topological polar surface area (TPSA) is 149 Å². The van der Waals surface area contributed by atoms with Crippen LogP contribution in [0.4, 0.5) is 23.5 Å². The van der Waals surface area contributed by atoms with Gasteiger partial charge in [-0.3, -0.25) is 4.79 Å². The second-order valence-electron chi connectivity index (χ2n) is 9.15. The Bertz CT molecular complexity index is 1210. The highest BCUT2D eigenvalue weighted by Gasteiger charge is 2.18. The van der Waals surface area contributed by atoms with E-state index in [0.717, 1.165) is 37.2 Å². The molecule has 12 heteroatoms. The molecule has 0 spiro atoms. The smallest absolute Gasteiger partial charge is 0.251 e. The van der Waals surface area contributed by atoms with E-state index in [2.05, 4.69) is 35.8 Å². The average molecular weight is 551 g/mol. The van der Waals surface area contributed by atoms with Gasteiger partial charge in [0.2, 0.25) is 17.8 Å². The van der Waals surface area contributed by atoms with Crippen LogP contribution in [0.2, 0.25) is 0 Å². The molecule has 2 heterocycles. The summed E-state index contributed by atoms with van der Waals surface area (Å²) < 4.78 is 16.0. The Morgan fingerprint density at radius 1 is 0.950 bits per heavy atom. The minimum absolute atomic E-state index is 0.193. The van der Waals surface area contributed by atoms with Gasteiger partial charge in [0.1, 0.15) is 5.75 Å². The zero-order valence-electron chi connectivity index (χ0n) is 22.9. The molecule has 2 aromatic carbocycles. The first-order chi connectivity index (χ1) is 19.6. The van der Waals surface area contributed by atoms with Crippen molar-refractivity contribution < 1.29 is 19.0 Å². The standard InChI is InChI=1S/C28H38N8O4/c1-38-24-9-7-21(8-10-24)20-31-26-33-27(35-28(34-26)36-13-2-3-14-36)32-23-6-4-5-22(19-23)25(37)30-12-16-40-18-17-39-15-11-29/h4-10,19H,2-3,11-18,20,29H2,1H3,(H,30,37)(H2,31,32,33,34,35). The fourth-order valence-electron chi connectivity index (χ4n) is 4.09. The number of nitrogens with two attached hydrogens (primary N) is 1. The number of anilines is 4. The van der Waals surface area contributed by atoms with Gasteiger partial charge in [-0.15, -0.1) is 0 Å². The average Bonchev–Trinajstić information content (AvgIpc) is 3.53. The number of amides is 1. The highest BCUT2D eigenvalue weighted by Crippen LogP contribution is 2.22. The molecule has 1 aromatic heterocycles. The molecule has 12 nitrogen and oxygen atoms in total. The summed E-state index contributed by atoms with van der Waals surface area (Å²) >= 11 is 0. The summed E-state index contributed by atoms with van der Waals surface area (Å²) in [6.45, 7) is 5.08. The van der Waals surface area contributed by atoms with Gasteiger partial charge in [0.25, 0.3) is 5.91 Å². The van der Waals surface area contributed by atoms with Gasteiger partial charge in [0.15, 0.2) is 0 Å². The minimum Gasteiger partial charge on any atom is -0.497 e. The highest BCUT2D eigenvalue weighted by molar-refractivity contribution is 5.95. The molecule has 0 saturated carbocycles. The van der Waals surface area contributed by atoms with Crippen molar-refractivity contribution in [3.63, 3.8) is 0 Å². The third kappa shape index (κ3) is 9.04. The molecule has 0 radical (unpaired) electrons. The fraction of sp³-hybridized carbons (Fsp3) is 0.429. The first-order valence-corrected chi connectivity index (χ1v) is 13.5. The van der Waals surface area contributed by atoms with Crippen LogP contribution in [0, 0.1) is 0 Å². The summed E-state index contributed by atoms with van der Waals surface area (Å²) in [4.78, 5) is 28.7. The van der Waals surface area contributed by atoms with Crippen LogP contribution in [0.3, 0.4) is 0 Å². The highest BCUT2D eigenvalue weighted by atomic mass is 16.5. The summed E-state index contributed by atoms with van der Waals surface area (Å²) in [5.74, 6) is 2.10. The molecule has 1 amide bonds. The number of carbonyl (C=O) groups is 1.